The van der Waals surface area contributed by atoms with Gasteiger partial charge in [-0.3, -0.25) is 0 Å². The molecule has 2 heterocycles. The van der Waals surface area contributed by atoms with Gasteiger partial charge in [0.05, 0.1) is 18.1 Å². The summed E-state index contributed by atoms with van der Waals surface area (Å²) in [5.41, 5.74) is 3.31. The third-order valence-electron chi connectivity index (χ3n) is 4.64. The van der Waals surface area contributed by atoms with E-state index in [-0.39, 0.29) is 5.41 Å². The summed E-state index contributed by atoms with van der Waals surface area (Å²) in [4.78, 5) is 12.3. The first kappa shape index (κ1) is 20.0. The van der Waals surface area contributed by atoms with Crippen molar-refractivity contribution < 1.29 is 9.47 Å². The zero-order chi connectivity index (χ0) is 21.3. The molecule has 154 valence electrons. The predicted octanol–water partition coefficient (Wildman–Crippen LogP) is 6.45. The highest BCUT2D eigenvalue weighted by Gasteiger charge is 2.20. The molecule has 0 bridgehead atoms. The SMILES string of the molecule is COc1ccc(Nc2nc3ccc(Cl)cc3[nH]2)c(Oc2ccccc2C(C)(C)C)n1. The third-order valence-corrected chi connectivity index (χ3v) is 4.88. The van der Waals surface area contributed by atoms with Crippen LogP contribution in [0.25, 0.3) is 11.0 Å². The molecule has 0 fully saturated rings. The summed E-state index contributed by atoms with van der Waals surface area (Å²) >= 11 is 6.08. The number of methoxy groups -OCH3 is 1. The minimum absolute atomic E-state index is 0.0823. The summed E-state index contributed by atoms with van der Waals surface area (Å²) in [6, 6.07) is 17.1. The number of imidazole rings is 1. The maximum absolute atomic E-state index is 6.26. The number of ether oxygens (including phenoxy) is 2. The van der Waals surface area contributed by atoms with Gasteiger partial charge in [-0.15, -0.1) is 0 Å². The summed E-state index contributed by atoms with van der Waals surface area (Å²) in [6.45, 7) is 6.44. The van der Waals surface area contributed by atoms with Crippen LogP contribution >= 0.6 is 11.6 Å². The van der Waals surface area contributed by atoms with Gasteiger partial charge in [-0.05, 0) is 35.7 Å². The van der Waals surface area contributed by atoms with Crippen LogP contribution < -0.4 is 14.8 Å². The molecule has 0 aliphatic rings. The van der Waals surface area contributed by atoms with Crippen LogP contribution in [0.15, 0.2) is 54.6 Å². The summed E-state index contributed by atoms with van der Waals surface area (Å²) in [7, 11) is 1.57. The molecule has 0 saturated carbocycles. The van der Waals surface area contributed by atoms with Crippen LogP contribution in [0, 0.1) is 0 Å². The normalized spacial score (nSPS) is 11.5. The molecule has 0 saturated heterocycles. The first-order chi connectivity index (χ1) is 14.3. The monoisotopic (exact) mass is 422 g/mol. The Hall–Kier alpha value is -3.25. The number of halogens is 1. The van der Waals surface area contributed by atoms with Crippen LogP contribution in [0.3, 0.4) is 0 Å². The second-order valence-corrected chi connectivity index (χ2v) is 8.36. The average Bonchev–Trinajstić information content (AvgIpc) is 3.10. The van der Waals surface area contributed by atoms with E-state index in [4.69, 9.17) is 21.1 Å². The zero-order valence-electron chi connectivity index (χ0n) is 17.3. The molecule has 7 heteroatoms. The highest BCUT2D eigenvalue weighted by atomic mass is 35.5. The van der Waals surface area contributed by atoms with E-state index in [0.29, 0.717) is 28.4 Å². The minimum Gasteiger partial charge on any atom is -0.481 e. The van der Waals surface area contributed by atoms with Crippen molar-refractivity contribution >= 4 is 34.3 Å². The van der Waals surface area contributed by atoms with Crippen molar-refractivity contribution in [1.29, 1.82) is 0 Å². The van der Waals surface area contributed by atoms with Crippen LogP contribution in [0.5, 0.6) is 17.5 Å². The lowest BCUT2D eigenvalue weighted by atomic mass is 9.86. The molecule has 0 unspecified atom stereocenters. The van der Waals surface area contributed by atoms with Crippen molar-refractivity contribution in [2.45, 2.75) is 26.2 Å². The highest BCUT2D eigenvalue weighted by molar-refractivity contribution is 6.31. The maximum Gasteiger partial charge on any atom is 0.246 e. The number of anilines is 2. The second kappa shape index (κ2) is 7.88. The molecular formula is C23H23ClN4O2. The molecule has 0 atom stereocenters. The number of aromatic nitrogens is 3. The Morgan fingerprint density at radius 2 is 1.80 bits per heavy atom. The Labute approximate surface area is 180 Å². The summed E-state index contributed by atoms with van der Waals surface area (Å²) in [6.07, 6.45) is 0. The largest absolute Gasteiger partial charge is 0.481 e. The predicted molar refractivity (Wildman–Crippen MR) is 120 cm³/mol. The molecule has 4 rings (SSSR count). The molecule has 2 aromatic heterocycles. The number of pyridine rings is 1. The van der Waals surface area contributed by atoms with E-state index in [2.05, 4.69) is 47.1 Å². The van der Waals surface area contributed by atoms with Crippen molar-refractivity contribution in [1.82, 2.24) is 15.0 Å². The lowest BCUT2D eigenvalue weighted by molar-refractivity contribution is 0.381. The Bertz CT molecular complexity index is 1200. The van der Waals surface area contributed by atoms with Gasteiger partial charge < -0.3 is 19.8 Å². The highest BCUT2D eigenvalue weighted by Crippen LogP contribution is 2.37. The molecule has 0 radical (unpaired) electrons. The second-order valence-electron chi connectivity index (χ2n) is 7.93. The Balaban J connectivity index is 1.71. The molecule has 6 nitrogen and oxygen atoms in total. The lowest BCUT2D eigenvalue weighted by Gasteiger charge is -2.23. The van der Waals surface area contributed by atoms with Crippen LogP contribution in [0.4, 0.5) is 11.6 Å². The lowest BCUT2D eigenvalue weighted by Crippen LogP contribution is -2.12. The molecular weight excluding hydrogens is 400 g/mol. The van der Waals surface area contributed by atoms with Gasteiger partial charge in [-0.2, -0.15) is 4.98 Å². The number of nitrogens with zero attached hydrogens (tertiary/aromatic N) is 2. The van der Waals surface area contributed by atoms with Gasteiger partial charge in [0.15, 0.2) is 0 Å². The van der Waals surface area contributed by atoms with Gasteiger partial charge in [-0.1, -0.05) is 50.6 Å². The molecule has 4 aromatic rings. The van der Waals surface area contributed by atoms with E-state index in [1.54, 1.807) is 19.2 Å². The van der Waals surface area contributed by atoms with Gasteiger partial charge in [-0.25, -0.2) is 4.98 Å². The molecule has 0 aliphatic carbocycles. The van der Waals surface area contributed by atoms with Crippen molar-refractivity contribution in [3.8, 4) is 17.5 Å². The molecule has 30 heavy (non-hydrogen) atoms. The van der Waals surface area contributed by atoms with E-state index in [1.807, 2.05) is 36.4 Å². The fraction of sp³-hybridized carbons (Fsp3) is 0.217. The standard InChI is InChI=1S/C23H23ClN4O2/c1-23(2,3)15-7-5-6-8-19(15)30-21-17(11-12-20(28-21)29-4)26-22-25-16-10-9-14(24)13-18(16)27-22/h5-13H,1-4H3,(H2,25,26,27). The van der Waals surface area contributed by atoms with E-state index in [9.17, 15) is 0 Å². The van der Waals surface area contributed by atoms with E-state index >= 15 is 0 Å². The molecule has 2 N–H and O–H groups in total. The van der Waals surface area contributed by atoms with Gasteiger partial charge in [0.1, 0.15) is 11.4 Å². The zero-order valence-corrected chi connectivity index (χ0v) is 18.0. The fourth-order valence-corrected chi connectivity index (χ4v) is 3.33. The smallest absolute Gasteiger partial charge is 0.246 e. The number of para-hydroxylation sites is 1. The number of benzene rings is 2. The molecule has 0 aliphatic heterocycles. The number of H-pyrrole nitrogens is 1. The third kappa shape index (κ3) is 4.19. The number of rotatable bonds is 5. The summed E-state index contributed by atoms with van der Waals surface area (Å²) in [5, 5.41) is 3.90. The minimum atomic E-state index is -0.0823. The van der Waals surface area contributed by atoms with Crippen molar-refractivity contribution in [2.24, 2.45) is 0 Å². The first-order valence-corrected chi connectivity index (χ1v) is 9.96. The van der Waals surface area contributed by atoms with Gasteiger partial charge in [0.25, 0.3) is 0 Å². The molecule has 0 amide bonds. The van der Waals surface area contributed by atoms with E-state index in [0.717, 1.165) is 22.3 Å². The molecule has 2 aromatic carbocycles. The average molecular weight is 423 g/mol. The Morgan fingerprint density at radius 1 is 1.00 bits per heavy atom. The first-order valence-electron chi connectivity index (χ1n) is 9.58. The van der Waals surface area contributed by atoms with Crippen molar-refractivity contribution in [3.05, 3.63) is 65.2 Å². The van der Waals surface area contributed by atoms with Crippen molar-refractivity contribution in [2.75, 3.05) is 12.4 Å². The number of nitrogens with one attached hydrogen (secondary N) is 2. The Kier molecular flexibility index (Phi) is 5.26. The van der Waals surface area contributed by atoms with Crippen LogP contribution in [0.2, 0.25) is 5.02 Å². The van der Waals surface area contributed by atoms with Crippen molar-refractivity contribution in [3.63, 3.8) is 0 Å². The summed E-state index contributed by atoms with van der Waals surface area (Å²) < 4.78 is 11.6. The van der Waals surface area contributed by atoms with Gasteiger partial charge in [0.2, 0.25) is 17.7 Å². The number of fused-ring (bicyclic) bond motifs is 1. The fourth-order valence-electron chi connectivity index (χ4n) is 3.16. The number of hydrogen-bond donors (Lipinski definition) is 2. The molecule has 0 spiro atoms. The van der Waals surface area contributed by atoms with E-state index in [1.165, 1.54) is 0 Å². The maximum atomic E-state index is 6.26. The van der Waals surface area contributed by atoms with Crippen LogP contribution in [-0.4, -0.2) is 22.1 Å². The number of hydrogen-bond acceptors (Lipinski definition) is 5. The Morgan fingerprint density at radius 3 is 2.57 bits per heavy atom. The summed E-state index contributed by atoms with van der Waals surface area (Å²) in [5.74, 6) is 2.16. The van der Waals surface area contributed by atoms with E-state index < -0.39 is 0 Å². The van der Waals surface area contributed by atoms with Crippen LogP contribution in [-0.2, 0) is 5.41 Å². The topological polar surface area (TPSA) is 72.1 Å². The quantitative estimate of drug-likeness (QED) is 0.386. The van der Waals surface area contributed by atoms with Gasteiger partial charge in [0, 0.05) is 16.7 Å². The van der Waals surface area contributed by atoms with Crippen LogP contribution in [0.1, 0.15) is 26.3 Å². The number of aromatic amines is 1. The van der Waals surface area contributed by atoms with Gasteiger partial charge >= 0.3 is 0 Å².